The van der Waals surface area contributed by atoms with Gasteiger partial charge in [-0.2, -0.15) is 21.8 Å². The molecule has 0 radical (unpaired) electrons. The fourth-order valence-corrected chi connectivity index (χ4v) is 6.06. The number of phosphoric ester groups is 1. The van der Waals surface area contributed by atoms with Crippen molar-refractivity contribution in [1.82, 2.24) is 9.55 Å². The highest BCUT2D eigenvalue weighted by atomic mass is 32.1. The summed E-state index contributed by atoms with van der Waals surface area (Å²) < 4.78 is 105. The zero-order chi connectivity index (χ0) is 25.6. The molecule has 6 atom stereocenters. The Labute approximate surface area is 190 Å². The summed E-state index contributed by atoms with van der Waals surface area (Å²) in [6.45, 7) is -1.54. The number of phosphoric acid groups is 3. The number of alkyl halides is 4. The van der Waals surface area contributed by atoms with Crippen LogP contribution in [0.2, 0.25) is 0 Å². The molecule has 0 spiro atoms. The molecule has 14 nitrogen and oxygen atoms in total. The molecule has 1 fully saturated rings. The van der Waals surface area contributed by atoms with Crippen LogP contribution >= 0.6 is 47.9 Å². The average molecular weight is 586 g/mol. The Morgan fingerprint density at radius 1 is 1.15 bits per heavy atom. The minimum absolute atomic E-state index is 0.0320. The lowest BCUT2D eigenvalue weighted by Crippen LogP contribution is -2.54. The fraction of sp³-hybridized carbons (Fsp3) is 0.600. The van der Waals surface area contributed by atoms with Gasteiger partial charge in [-0.25, -0.2) is 18.1 Å². The Kier molecular flexibility index (Phi) is 8.34. The first-order valence-corrected chi connectivity index (χ1v) is 13.2. The predicted octanol–water partition coefficient (Wildman–Crippen LogP) is 2.15. The number of halogens is 4. The Bertz CT molecular complexity index is 1160. The van der Waals surface area contributed by atoms with Crippen molar-refractivity contribution in [2.24, 2.45) is 0 Å². The van der Waals surface area contributed by atoms with E-state index in [1.165, 1.54) is 0 Å². The monoisotopic (exact) mass is 586 g/mol. The van der Waals surface area contributed by atoms with Gasteiger partial charge in [-0.1, -0.05) is 12.2 Å². The van der Waals surface area contributed by atoms with Crippen molar-refractivity contribution in [3.63, 3.8) is 0 Å². The van der Waals surface area contributed by atoms with Gasteiger partial charge >= 0.3 is 29.6 Å². The first-order chi connectivity index (χ1) is 14.7. The Morgan fingerprint density at radius 3 is 2.21 bits per heavy atom. The number of H-pyrrole nitrogens is 1. The smallest absolute Gasteiger partial charge is 0.386 e. The largest absolute Gasteiger partial charge is 0.490 e. The van der Waals surface area contributed by atoms with E-state index < -0.39 is 65.1 Å². The van der Waals surface area contributed by atoms with E-state index in [4.69, 9.17) is 43.9 Å². The zero-order valence-corrected chi connectivity index (χ0v) is 19.6. The highest BCUT2D eigenvalue weighted by Crippen LogP contribution is 2.66. The highest BCUT2D eigenvalue weighted by molar-refractivity contribution is 7.72. The van der Waals surface area contributed by atoms with Gasteiger partial charge in [-0.15, -0.1) is 0 Å². The molecule has 1 aliphatic heterocycles. The first-order valence-electron chi connectivity index (χ1n) is 7.87. The maximum absolute atomic E-state index is 15.2. The summed E-state index contributed by atoms with van der Waals surface area (Å²) in [7, 11) is -17.4. The minimum Gasteiger partial charge on any atom is -0.386 e. The lowest BCUT2D eigenvalue weighted by molar-refractivity contribution is -0.273. The van der Waals surface area contributed by atoms with Gasteiger partial charge in [-0.3, -0.25) is 9.09 Å². The van der Waals surface area contributed by atoms with Crippen molar-refractivity contribution in [2.75, 3.05) is 6.61 Å². The van der Waals surface area contributed by atoms with Crippen molar-refractivity contribution >= 4 is 47.9 Å². The summed E-state index contributed by atoms with van der Waals surface area (Å²) in [6, 6.07) is 1.02. The number of hydrogen-bond donors (Lipinski definition) is 6. The van der Waals surface area contributed by atoms with Crippen LogP contribution in [0.1, 0.15) is 6.23 Å². The molecule has 0 aliphatic carbocycles. The van der Waals surface area contributed by atoms with Gasteiger partial charge in [0.1, 0.15) is 16.8 Å². The van der Waals surface area contributed by atoms with E-state index in [1.807, 2.05) is 0 Å². The number of hydrogen-bond acceptors (Lipinski definition) is 10. The van der Waals surface area contributed by atoms with Crippen molar-refractivity contribution in [3.8, 4) is 0 Å². The lowest BCUT2D eigenvalue weighted by atomic mass is 9.95. The Hall–Kier alpha value is -0.430. The van der Waals surface area contributed by atoms with E-state index in [2.05, 4.69) is 18.1 Å². The Balaban J connectivity index is 2.29. The van der Waals surface area contributed by atoms with Crippen LogP contribution in [-0.4, -0.2) is 64.9 Å². The van der Waals surface area contributed by atoms with Crippen molar-refractivity contribution in [1.29, 1.82) is 0 Å². The van der Waals surface area contributed by atoms with Crippen LogP contribution in [0, 0.1) is 9.41 Å². The second kappa shape index (κ2) is 9.55. The lowest BCUT2D eigenvalue weighted by Gasteiger charge is -2.31. The molecule has 2 rings (SSSR count). The summed E-state index contributed by atoms with van der Waals surface area (Å²) in [5.41, 5.74) is -4.54. The average Bonchev–Trinajstić information content (AvgIpc) is 2.82. The predicted molar refractivity (Wildman–Crippen MR) is 100 cm³/mol. The van der Waals surface area contributed by atoms with Gasteiger partial charge in [0.25, 0.3) is 5.67 Å². The van der Waals surface area contributed by atoms with Gasteiger partial charge in [0.05, 0.1) is 6.61 Å². The number of rotatable bonds is 8. The molecule has 0 saturated carbocycles. The summed E-state index contributed by atoms with van der Waals surface area (Å²) in [6.07, 6.45) is -13.0. The van der Waals surface area contributed by atoms with Gasteiger partial charge in [0.2, 0.25) is 0 Å². The van der Waals surface area contributed by atoms with Crippen molar-refractivity contribution in [2.45, 2.75) is 30.3 Å². The molecule has 1 aromatic rings. The molecule has 0 amide bonds. The summed E-state index contributed by atoms with van der Waals surface area (Å²) >= 11 is 9.51. The SMILES string of the molecule is O=P(O)(O)OP(=O)(O)OP(=O)(O)OCC1OC(n2ccc(=S)[nH]c2=S)C(F)(C(F)(F)F)C1O. The van der Waals surface area contributed by atoms with E-state index in [0.29, 0.717) is 4.57 Å². The molecule has 2 heterocycles. The summed E-state index contributed by atoms with van der Waals surface area (Å²) in [4.78, 5) is 37.6. The third-order valence-corrected chi connectivity index (χ3v) is 8.16. The van der Waals surface area contributed by atoms with Crippen LogP contribution < -0.4 is 0 Å². The molecule has 1 aliphatic rings. The highest BCUT2D eigenvalue weighted by Gasteiger charge is 2.73. The molecule has 33 heavy (non-hydrogen) atoms. The molecule has 0 aromatic carbocycles. The molecule has 23 heteroatoms. The first kappa shape index (κ1) is 28.8. The third kappa shape index (κ3) is 6.83. The fourth-order valence-electron chi connectivity index (χ4n) is 2.54. The quantitative estimate of drug-likeness (QED) is 0.147. The molecule has 0 bridgehead atoms. The van der Waals surface area contributed by atoms with Crippen LogP contribution in [0.3, 0.4) is 0 Å². The van der Waals surface area contributed by atoms with Crippen LogP contribution in [0.15, 0.2) is 12.3 Å². The number of nitrogens with zero attached hydrogens (tertiary/aromatic N) is 1. The van der Waals surface area contributed by atoms with Gasteiger partial charge in [0.15, 0.2) is 11.0 Å². The number of aliphatic hydroxyl groups excluding tert-OH is 1. The maximum atomic E-state index is 15.2. The van der Waals surface area contributed by atoms with Gasteiger partial charge in [-0.05, 0) is 18.3 Å². The normalized spacial score (nSPS) is 30.0. The van der Waals surface area contributed by atoms with Gasteiger partial charge in [0, 0.05) is 6.20 Å². The van der Waals surface area contributed by atoms with Crippen molar-refractivity contribution in [3.05, 3.63) is 21.7 Å². The number of aromatic amines is 1. The van der Waals surface area contributed by atoms with Gasteiger partial charge < -0.3 is 34.4 Å². The zero-order valence-electron chi connectivity index (χ0n) is 15.3. The summed E-state index contributed by atoms with van der Waals surface area (Å²) in [5.74, 6) is 0. The molecule has 190 valence electrons. The maximum Gasteiger partial charge on any atom is 0.490 e. The number of ether oxygens (including phenoxy) is 1. The van der Waals surface area contributed by atoms with E-state index in [9.17, 15) is 36.9 Å². The van der Waals surface area contributed by atoms with E-state index in [0.717, 1.165) is 12.3 Å². The standard InChI is InChI=1S/C10H13F4N2O12P3S2/c11-9(10(12,13)14)6(17)4(26-7(9)16-2-1-5(32)15-8(16)33)3-25-30(21,22)28-31(23,24)27-29(18,19)20/h1-2,4,6-7,17H,3H2,(H,21,22)(H,23,24)(H,15,32,33)(H2,18,19,20). The molecule has 6 unspecified atom stereocenters. The summed E-state index contributed by atoms with van der Waals surface area (Å²) in [5, 5.41) is 9.98. The third-order valence-electron chi connectivity index (χ3n) is 3.80. The van der Waals surface area contributed by atoms with E-state index >= 15 is 4.39 Å². The van der Waals surface area contributed by atoms with Crippen LogP contribution in [-0.2, 0) is 31.6 Å². The second-order valence-corrected chi connectivity index (χ2v) is 11.4. The molecular formula is C10H13F4N2O12P3S2. The van der Waals surface area contributed by atoms with E-state index in [-0.39, 0.29) is 4.64 Å². The number of aliphatic hydroxyl groups is 1. The van der Waals surface area contributed by atoms with E-state index in [1.54, 1.807) is 0 Å². The topological polar surface area (TPSA) is 210 Å². The number of aromatic nitrogens is 2. The molecular weight excluding hydrogens is 573 g/mol. The minimum atomic E-state index is -5.93. The van der Waals surface area contributed by atoms with Crippen LogP contribution in [0.5, 0.6) is 0 Å². The molecule has 6 N–H and O–H groups in total. The number of nitrogens with one attached hydrogen (secondary N) is 1. The van der Waals surface area contributed by atoms with Crippen LogP contribution in [0.4, 0.5) is 17.6 Å². The second-order valence-electron chi connectivity index (χ2n) is 6.14. The Morgan fingerprint density at radius 2 is 1.73 bits per heavy atom. The molecule has 1 aromatic heterocycles. The van der Waals surface area contributed by atoms with Crippen LogP contribution in [0.25, 0.3) is 0 Å². The van der Waals surface area contributed by atoms with Crippen molar-refractivity contribution < 1.29 is 73.8 Å². The molecule has 1 saturated heterocycles.